The molecule has 0 atom stereocenters. The van der Waals surface area contributed by atoms with Crippen LogP contribution >= 0.6 is 0 Å². The summed E-state index contributed by atoms with van der Waals surface area (Å²) in [6.45, 7) is 0. The van der Waals surface area contributed by atoms with E-state index in [0.29, 0.717) is 0 Å². The summed E-state index contributed by atoms with van der Waals surface area (Å²) >= 11 is 0. The lowest BCUT2D eigenvalue weighted by Crippen LogP contribution is -1.89. The lowest BCUT2D eigenvalue weighted by Gasteiger charge is -2.08. The van der Waals surface area contributed by atoms with Crippen molar-refractivity contribution in [2.45, 2.75) is 0 Å². The second-order valence-electron chi connectivity index (χ2n) is 5.71. The Morgan fingerprint density at radius 2 is 0.960 bits per heavy atom. The summed E-state index contributed by atoms with van der Waals surface area (Å²) in [5.74, 6) is 3.09. The third-order valence-electron chi connectivity index (χ3n) is 4.30. The molecule has 3 aromatic carbocycles. The van der Waals surface area contributed by atoms with E-state index in [9.17, 15) is 0 Å². The summed E-state index contributed by atoms with van der Waals surface area (Å²) in [4.78, 5) is 0. The molecule has 1 heterocycles. The molecule has 4 rings (SSSR count). The van der Waals surface area contributed by atoms with E-state index in [0.717, 1.165) is 44.9 Å². The van der Waals surface area contributed by atoms with Crippen LogP contribution in [0.1, 0.15) is 0 Å². The van der Waals surface area contributed by atoms with Crippen molar-refractivity contribution in [3.05, 3.63) is 72.8 Å². The highest BCUT2D eigenvalue weighted by atomic mass is 16.5. The zero-order valence-electron chi connectivity index (χ0n) is 14.2. The first-order valence-corrected chi connectivity index (χ1v) is 8.12. The first kappa shape index (κ1) is 15.3. The topological polar surface area (TPSA) is 31.6 Å². The molecule has 0 aliphatic heterocycles. The number of furan rings is 1. The summed E-state index contributed by atoms with van der Waals surface area (Å²) in [6.07, 6.45) is 0. The van der Waals surface area contributed by atoms with Crippen LogP contribution in [-0.4, -0.2) is 14.2 Å². The largest absolute Gasteiger partial charge is 0.496 e. The van der Waals surface area contributed by atoms with Gasteiger partial charge in [0.15, 0.2) is 0 Å². The Bertz CT molecular complexity index is 920. The monoisotopic (exact) mass is 330 g/mol. The molecule has 0 aliphatic rings. The number of hydrogen-bond acceptors (Lipinski definition) is 3. The van der Waals surface area contributed by atoms with Crippen molar-refractivity contribution in [1.29, 1.82) is 0 Å². The predicted octanol–water partition coefficient (Wildman–Crippen LogP) is 5.78. The zero-order valence-corrected chi connectivity index (χ0v) is 14.2. The van der Waals surface area contributed by atoms with Gasteiger partial charge in [-0.1, -0.05) is 60.7 Å². The molecule has 0 radical (unpaired) electrons. The number of benzene rings is 3. The van der Waals surface area contributed by atoms with Crippen LogP contribution in [0.3, 0.4) is 0 Å². The molecular weight excluding hydrogens is 312 g/mol. The maximum Gasteiger partial charge on any atom is 0.146 e. The van der Waals surface area contributed by atoms with Crippen LogP contribution in [0.25, 0.3) is 33.4 Å². The van der Waals surface area contributed by atoms with Crippen molar-refractivity contribution in [2.24, 2.45) is 0 Å². The second kappa shape index (κ2) is 6.36. The molecule has 0 amide bonds. The molecule has 4 aromatic rings. The smallest absolute Gasteiger partial charge is 0.146 e. The molecular formula is C22H18O3. The Morgan fingerprint density at radius 1 is 0.560 bits per heavy atom. The van der Waals surface area contributed by atoms with Crippen molar-refractivity contribution in [3.8, 4) is 34.1 Å². The van der Waals surface area contributed by atoms with Crippen LogP contribution in [0.5, 0.6) is 11.5 Å². The molecule has 0 bridgehead atoms. The number of methoxy groups -OCH3 is 2. The van der Waals surface area contributed by atoms with E-state index in [1.54, 1.807) is 14.2 Å². The van der Waals surface area contributed by atoms with Gasteiger partial charge in [0, 0.05) is 11.1 Å². The molecule has 0 saturated heterocycles. The average molecular weight is 330 g/mol. The van der Waals surface area contributed by atoms with E-state index in [1.165, 1.54) is 0 Å². The van der Waals surface area contributed by atoms with Gasteiger partial charge >= 0.3 is 0 Å². The Balaban J connectivity index is 2.13. The van der Waals surface area contributed by atoms with Crippen LogP contribution in [0.4, 0.5) is 0 Å². The van der Waals surface area contributed by atoms with Crippen molar-refractivity contribution >= 4 is 10.8 Å². The molecule has 0 aliphatic carbocycles. The average Bonchev–Trinajstić information content (AvgIpc) is 3.09. The Hall–Kier alpha value is -3.20. The quantitative estimate of drug-likeness (QED) is 0.475. The summed E-state index contributed by atoms with van der Waals surface area (Å²) in [7, 11) is 3.34. The molecule has 3 heteroatoms. The van der Waals surface area contributed by atoms with E-state index >= 15 is 0 Å². The highest BCUT2D eigenvalue weighted by Gasteiger charge is 2.23. The van der Waals surface area contributed by atoms with Crippen molar-refractivity contribution in [2.75, 3.05) is 14.2 Å². The van der Waals surface area contributed by atoms with E-state index in [1.807, 2.05) is 72.8 Å². The minimum atomic E-state index is 0.764. The Kier molecular flexibility index (Phi) is 3.90. The van der Waals surface area contributed by atoms with E-state index in [4.69, 9.17) is 13.9 Å². The van der Waals surface area contributed by atoms with Crippen LogP contribution in [0.15, 0.2) is 77.2 Å². The Morgan fingerprint density at radius 3 is 1.32 bits per heavy atom. The van der Waals surface area contributed by atoms with Crippen LogP contribution in [-0.2, 0) is 0 Å². The molecule has 0 fully saturated rings. The molecule has 0 N–H and O–H groups in total. The number of hydrogen-bond donors (Lipinski definition) is 0. The van der Waals surface area contributed by atoms with Gasteiger partial charge in [-0.3, -0.25) is 0 Å². The van der Waals surface area contributed by atoms with Gasteiger partial charge in [0.05, 0.1) is 25.0 Å². The summed E-state index contributed by atoms with van der Waals surface area (Å²) in [5, 5.41) is 1.85. The van der Waals surface area contributed by atoms with Gasteiger partial charge < -0.3 is 13.9 Å². The van der Waals surface area contributed by atoms with Gasteiger partial charge in [0.2, 0.25) is 0 Å². The third kappa shape index (κ3) is 2.54. The maximum atomic E-state index is 6.36. The number of ether oxygens (including phenoxy) is 2. The van der Waals surface area contributed by atoms with Crippen molar-refractivity contribution in [1.82, 2.24) is 0 Å². The summed E-state index contributed by atoms with van der Waals surface area (Å²) in [6, 6.07) is 23.9. The molecule has 0 spiro atoms. The van der Waals surface area contributed by atoms with E-state index in [-0.39, 0.29) is 0 Å². The highest BCUT2D eigenvalue weighted by Crippen LogP contribution is 2.47. The molecule has 1 aromatic heterocycles. The summed E-state index contributed by atoms with van der Waals surface area (Å²) < 4.78 is 17.6. The van der Waals surface area contributed by atoms with Gasteiger partial charge in [0.1, 0.15) is 23.0 Å². The standard InChI is InChI=1S/C22H18O3/c1-23-17-13-14-18(24-2)20-19(17)21(15-9-5-3-6-10-15)25-22(20)16-11-7-4-8-12-16/h3-14H,1-2H3. The van der Waals surface area contributed by atoms with Gasteiger partial charge in [-0.2, -0.15) is 0 Å². The second-order valence-corrected chi connectivity index (χ2v) is 5.71. The molecule has 0 unspecified atom stereocenters. The normalized spacial score (nSPS) is 10.8. The fourth-order valence-corrected chi connectivity index (χ4v) is 3.15. The van der Waals surface area contributed by atoms with Gasteiger partial charge in [0.25, 0.3) is 0 Å². The highest BCUT2D eigenvalue weighted by molar-refractivity contribution is 6.09. The first-order chi connectivity index (χ1) is 12.3. The lowest BCUT2D eigenvalue weighted by atomic mass is 10.0. The number of rotatable bonds is 4. The lowest BCUT2D eigenvalue weighted by molar-refractivity contribution is 0.411. The molecule has 124 valence electrons. The van der Waals surface area contributed by atoms with Crippen molar-refractivity contribution < 1.29 is 13.9 Å². The number of fused-ring (bicyclic) bond motifs is 1. The van der Waals surface area contributed by atoms with E-state index in [2.05, 4.69) is 0 Å². The van der Waals surface area contributed by atoms with E-state index < -0.39 is 0 Å². The van der Waals surface area contributed by atoms with Crippen LogP contribution in [0.2, 0.25) is 0 Å². The third-order valence-corrected chi connectivity index (χ3v) is 4.30. The zero-order chi connectivity index (χ0) is 17.2. The molecule has 3 nitrogen and oxygen atoms in total. The van der Waals surface area contributed by atoms with Crippen molar-refractivity contribution in [3.63, 3.8) is 0 Å². The maximum absolute atomic E-state index is 6.36. The predicted molar refractivity (Wildman–Crippen MR) is 100 cm³/mol. The minimum Gasteiger partial charge on any atom is -0.496 e. The van der Waals surface area contributed by atoms with Crippen LogP contribution in [0, 0.1) is 0 Å². The fourth-order valence-electron chi connectivity index (χ4n) is 3.15. The fraction of sp³-hybridized carbons (Fsp3) is 0.0909. The van der Waals surface area contributed by atoms with Gasteiger partial charge in [-0.05, 0) is 12.1 Å². The molecule has 0 saturated carbocycles. The van der Waals surface area contributed by atoms with Gasteiger partial charge in [-0.15, -0.1) is 0 Å². The Labute approximate surface area is 146 Å². The minimum absolute atomic E-state index is 0.764. The summed E-state index contributed by atoms with van der Waals surface area (Å²) in [5.41, 5.74) is 2.00. The van der Waals surface area contributed by atoms with Crippen LogP contribution < -0.4 is 9.47 Å². The molecule has 25 heavy (non-hydrogen) atoms. The SMILES string of the molecule is COc1ccc(OC)c2c(-c3ccccc3)oc(-c3ccccc3)c12. The van der Waals surface area contributed by atoms with Gasteiger partial charge in [-0.25, -0.2) is 0 Å². The first-order valence-electron chi connectivity index (χ1n) is 8.12.